The van der Waals surface area contributed by atoms with Gasteiger partial charge in [-0.2, -0.15) is 18.3 Å². The van der Waals surface area contributed by atoms with E-state index in [2.05, 4.69) is 15.4 Å². The van der Waals surface area contributed by atoms with Crippen molar-refractivity contribution in [3.8, 4) is 11.6 Å². The van der Waals surface area contributed by atoms with Crippen LogP contribution < -0.4 is 10.1 Å². The average Bonchev–Trinajstić information content (AvgIpc) is 3.14. The first-order chi connectivity index (χ1) is 15.5. The first-order valence-electron chi connectivity index (χ1n) is 10.7. The Morgan fingerprint density at radius 2 is 1.79 bits per heavy atom. The maximum Gasteiger partial charge on any atom is 0.417 e. The summed E-state index contributed by atoms with van der Waals surface area (Å²) in [7, 11) is 0. The molecule has 1 atom stereocenters. The second kappa shape index (κ2) is 10.1. The van der Waals surface area contributed by atoms with Gasteiger partial charge in [-0.25, -0.2) is 9.67 Å². The molecule has 1 unspecified atom stereocenters. The zero-order valence-electron chi connectivity index (χ0n) is 19.0. The number of hydrogen-bond donors (Lipinski definition) is 1. The number of pyridine rings is 1. The fraction of sp³-hybridized carbons (Fsp3) is 0.375. The number of ether oxygens (including phenoxy) is 1. The molecule has 3 aromatic rings. The van der Waals surface area contributed by atoms with Gasteiger partial charge in [-0.3, -0.25) is 4.79 Å². The zero-order chi connectivity index (χ0) is 24.2. The van der Waals surface area contributed by atoms with Gasteiger partial charge in [0.25, 0.3) is 5.91 Å². The Kier molecular flexibility index (Phi) is 7.40. The van der Waals surface area contributed by atoms with E-state index in [-0.39, 0.29) is 23.9 Å². The SMILES string of the molecule is Cc1c(C(=O)NC(C)CCc2ccc(OC(C)C)cc2)cnn1-c1ccc(C(F)(F)F)cn1. The molecule has 0 spiro atoms. The Hall–Kier alpha value is -3.36. The third-order valence-corrected chi connectivity index (χ3v) is 5.09. The first kappa shape index (κ1) is 24.3. The van der Waals surface area contributed by atoms with Gasteiger partial charge in [0.15, 0.2) is 5.82 Å². The van der Waals surface area contributed by atoms with Crippen molar-refractivity contribution < 1.29 is 22.7 Å². The molecule has 176 valence electrons. The van der Waals surface area contributed by atoms with Crippen LogP contribution in [0.15, 0.2) is 48.8 Å². The summed E-state index contributed by atoms with van der Waals surface area (Å²) in [4.78, 5) is 16.5. The van der Waals surface area contributed by atoms with Crippen LogP contribution in [-0.2, 0) is 12.6 Å². The summed E-state index contributed by atoms with van der Waals surface area (Å²) in [5, 5.41) is 7.08. The molecular weight excluding hydrogens is 433 g/mol. The number of rotatable bonds is 8. The van der Waals surface area contributed by atoms with Crippen molar-refractivity contribution in [3.05, 3.63) is 71.2 Å². The molecule has 33 heavy (non-hydrogen) atoms. The number of amides is 1. The monoisotopic (exact) mass is 460 g/mol. The Morgan fingerprint density at radius 3 is 2.36 bits per heavy atom. The molecule has 0 saturated carbocycles. The molecule has 3 rings (SSSR count). The summed E-state index contributed by atoms with van der Waals surface area (Å²) < 4.78 is 45.2. The van der Waals surface area contributed by atoms with Gasteiger partial charge in [0.05, 0.1) is 29.1 Å². The number of alkyl halides is 3. The van der Waals surface area contributed by atoms with E-state index >= 15 is 0 Å². The standard InChI is InChI=1S/C24H27F3N4O2/c1-15(2)33-20-10-7-18(8-11-20)6-5-16(3)30-23(32)21-14-29-31(17(21)4)22-12-9-19(13-28-22)24(25,26)27/h7-16H,5-6H2,1-4H3,(H,30,32). The Bertz CT molecular complexity index is 1070. The molecule has 9 heteroatoms. The summed E-state index contributed by atoms with van der Waals surface area (Å²) >= 11 is 0. The lowest BCUT2D eigenvalue weighted by Crippen LogP contribution is -2.33. The third kappa shape index (κ3) is 6.34. The number of nitrogens with zero attached hydrogens (tertiary/aromatic N) is 3. The van der Waals surface area contributed by atoms with Gasteiger partial charge < -0.3 is 10.1 Å². The molecule has 0 aliphatic rings. The van der Waals surface area contributed by atoms with E-state index in [0.29, 0.717) is 11.3 Å². The summed E-state index contributed by atoms with van der Waals surface area (Å²) in [6, 6.07) is 9.97. The minimum absolute atomic E-state index is 0.0870. The van der Waals surface area contributed by atoms with Crippen LogP contribution in [0.2, 0.25) is 0 Å². The van der Waals surface area contributed by atoms with Crippen LogP contribution >= 0.6 is 0 Å². The van der Waals surface area contributed by atoms with Crippen LogP contribution in [-0.4, -0.2) is 32.8 Å². The second-order valence-corrected chi connectivity index (χ2v) is 8.18. The van der Waals surface area contributed by atoms with E-state index in [1.807, 2.05) is 45.0 Å². The molecule has 1 aromatic carbocycles. The van der Waals surface area contributed by atoms with Gasteiger partial charge in [-0.05, 0) is 70.4 Å². The number of nitrogens with one attached hydrogen (secondary N) is 1. The lowest BCUT2D eigenvalue weighted by molar-refractivity contribution is -0.137. The number of carbonyl (C=O) groups excluding carboxylic acids is 1. The van der Waals surface area contributed by atoms with E-state index in [0.717, 1.165) is 36.4 Å². The summed E-state index contributed by atoms with van der Waals surface area (Å²) in [5.74, 6) is 0.737. The van der Waals surface area contributed by atoms with E-state index in [9.17, 15) is 18.0 Å². The molecule has 0 bridgehead atoms. The van der Waals surface area contributed by atoms with Gasteiger partial charge in [-0.15, -0.1) is 0 Å². The first-order valence-corrected chi connectivity index (χ1v) is 10.7. The number of halogens is 3. The van der Waals surface area contributed by atoms with E-state index < -0.39 is 11.7 Å². The minimum Gasteiger partial charge on any atom is -0.491 e. The lowest BCUT2D eigenvalue weighted by Gasteiger charge is -2.14. The van der Waals surface area contributed by atoms with Crippen molar-refractivity contribution in [2.24, 2.45) is 0 Å². The van der Waals surface area contributed by atoms with Crippen molar-refractivity contribution in [3.63, 3.8) is 0 Å². The third-order valence-electron chi connectivity index (χ3n) is 5.09. The fourth-order valence-corrected chi connectivity index (χ4v) is 3.31. The molecule has 0 radical (unpaired) electrons. The van der Waals surface area contributed by atoms with Crippen LogP contribution in [0.5, 0.6) is 5.75 Å². The molecule has 0 aliphatic carbocycles. The minimum atomic E-state index is -4.46. The van der Waals surface area contributed by atoms with Crippen molar-refractivity contribution >= 4 is 5.91 Å². The highest BCUT2D eigenvalue weighted by Crippen LogP contribution is 2.28. The molecule has 6 nitrogen and oxygen atoms in total. The normalized spacial score (nSPS) is 12.6. The smallest absolute Gasteiger partial charge is 0.417 e. The topological polar surface area (TPSA) is 69.0 Å². The number of aryl methyl sites for hydroxylation is 1. The number of benzene rings is 1. The Morgan fingerprint density at radius 1 is 1.09 bits per heavy atom. The van der Waals surface area contributed by atoms with E-state index in [4.69, 9.17) is 4.74 Å². The maximum atomic E-state index is 12.7. The zero-order valence-corrected chi connectivity index (χ0v) is 19.0. The molecule has 0 aliphatic heterocycles. The fourth-order valence-electron chi connectivity index (χ4n) is 3.31. The predicted molar refractivity (Wildman–Crippen MR) is 119 cm³/mol. The quantitative estimate of drug-likeness (QED) is 0.506. The Balaban J connectivity index is 1.58. The van der Waals surface area contributed by atoms with E-state index in [1.165, 1.54) is 16.9 Å². The second-order valence-electron chi connectivity index (χ2n) is 8.18. The van der Waals surface area contributed by atoms with Crippen molar-refractivity contribution in [2.45, 2.75) is 58.9 Å². The van der Waals surface area contributed by atoms with Crippen LogP contribution in [0, 0.1) is 6.92 Å². The lowest BCUT2D eigenvalue weighted by atomic mass is 10.1. The molecule has 1 amide bonds. The van der Waals surface area contributed by atoms with Crippen LogP contribution in [0.25, 0.3) is 5.82 Å². The molecule has 0 saturated heterocycles. The summed E-state index contributed by atoms with van der Waals surface area (Å²) in [5.41, 5.74) is 1.14. The molecule has 2 heterocycles. The van der Waals surface area contributed by atoms with Crippen molar-refractivity contribution in [2.75, 3.05) is 0 Å². The van der Waals surface area contributed by atoms with Gasteiger partial charge in [0, 0.05) is 12.2 Å². The molecule has 1 N–H and O–H groups in total. The van der Waals surface area contributed by atoms with Crippen molar-refractivity contribution in [1.29, 1.82) is 0 Å². The predicted octanol–water partition coefficient (Wildman–Crippen LogP) is 5.13. The van der Waals surface area contributed by atoms with Gasteiger partial charge >= 0.3 is 6.18 Å². The summed E-state index contributed by atoms with van der Waals surface area (Å²) in [6.07, 6.45) is -0.672. The van der Waals surface area contributed by atoms with Gasteiger partial charge in [0.2, 0.25) is 0 Å². The van der Waals surface area contributed by atoms with Crippen molar-refractivity contribution in [1.82, 2.24) is 20.1 Å². The Labute approximate surface area is 190 Å². The largest absolute Gasteiger partial charge is 0.491 e. The molecular formula is C24H27F3N4O2. The van der Waals surface area contributed by atoms with Crippen LogP contribution in [0.4, 0.5) is 13.2 Å². The number of hydrogen-bond acceptors (Lipinski definition) is 4. The highest BCUT2D eigenvalue weighted by molar-refractivity contribution is 5.95. The maximum absolute atomic E-state index is 12.7. The van der Waals surface area contributed by atoms with Crippen LogP contribution in [0.1, 0.15) is 54.4 Å². The van der Waals surface area contributed by atoms with Crippen LogP contribution in [0.3, 0.4) is 0 Å². The molecule has 2 aromatic heterocycles. The van der Waals surface area contributed by atoms with Gasteiger partial charge in [0.1, 0.15) is 5.75 Å². The molecule has 0 fully saturated rings. The van der Waals surface area contributed by atoms with Gasteiger partial charge in [-0.1, -0.05) is 12.1 Å². The number of aromatic nitrogens is 3. The highest BCUT2D eigenvalue weighted by atomic mass is 19.4. The summed E-state index contributed by atoms with van der Waals surface area (Å²) in [6.45, 7) is 7.55. The average molecular weight is 461 g/mol. The number of carbonyl (C=O) groups is 1. The van der Waals surface area contributed by atoms with E-state index in [1.54, 1.807) is 6.92 Å². The highest BCUT2D eigenvalue weighted by Gasteiger charge is 2.30.